The Morgan fingerprint density at radius 1 is 1.41 bits per heavy atom. The number of carbonyl (C=O) groups is 1. The molecule has 0 N–H and O–H groups in total. The highest BCUT2D eigenvalue weighted by atomic mass is 16.3. The van der Waals surface area contributed by atoms with Crippen LogP contribution in [0.25, 0.3) is 0 Å². The molecule has 3 heterocycles. The van der Waals surface area contributed by atoms with Gasteiger partial charge in [-0.1, -0.05) is 0 Å². The quantitative estimate of drug-likeness (QED) is 0.745. The SMILES string of the molecule is CCn1c([C@H]2CCCN(C(=O)c3ocnc3C)C2)nn(CCN(C)C)c1=O. The Bertz CT molecular complexity index is 850. The van der Waals surface area contributed by atoms with Crippen LogP contribution < -0.4 is 5.69 Å². The number of oxazole rings is 1. The molecule has 1 saturated heterocycles. The molecule has 0 saturated carbocycles. The molecule has 1 atom stereocenters. The molecule has 0 aliphatic carbocycles. The van der Waals surface area contributed by atoms with Gasteiger partial charge < -0.3 is 14.2 Å². The van der Waals surface area contributed by atoms with Gasteiger partial charge in [-0.2, -0.15) is 5.10 Å². The van der Waals surface area contributed by atoms with E-state index < -0.39 is 0 Å². The van der Waals surface area contributed by atoms with Crippen molar-refractivity contribution in [3.63, 3.8) is 0 Å². The number of aromatic nitrogens is 4. The first-order valence-electron chi connectivity index (χ1n) is 9.44. The molecule has 0 spiro atoms. The van der Waals surface area contributed by atoms with Crippen molar-refractivity contribution < 1.29 is 9.21 Å². The lowest BCUT2D eigenvalue weighted by Crippen LogP contribution is -2.40. The van der Waals surface area contributed by atoms with Crippen molar-refractivity contribution in [2.75, 3.05) is 33.7 Å². The van der Waals surface area contributed by atoms with Crippen LogP contribution in [0, 0.1) is 6.92 Å². The number of carbonyl (C=O) groups excluding carboxylic acids is 1. The lowest BCUT2D eigenvalue weighted by atomic mass is 9.97. The minimum atomic E-state index is -0.146. The number of amides is 1. The minimum Gasteiger partial charge on any atom is -0.438 e. The van der Waals surface area contributed by atoms with E-state index in [-0.39, 0.29) is 17.5 Å². The van der Waals surface area contributed by atoms with Crippen molar-refractivity contribution in [3.05, 3.63) is 34.2 Å². The highest BCUT2D eigenvalue weighted by molar-refractivity contribution is 5.92. The molecule has 9 nitrogen and oxygen atoms in total. The zero-order valence-electron chi connectivity index (χ0n) is 16.5. The zero-order valence-corrected chi connectivity index (χ0v) is 16.5. The van der Waals surface area contributed by atoms with Crippen LogP contribution in [0.3, 0.4) is 0 Å². The Labute approximate surface area is 158 Å². The van der Waals surface area contributed by atoms with E-state index in [1.807, 2.05) is 25.9 Å². The molecule has 27 heavy (non-hydrogen) atoms. The molecule has 1 aliphatic rings. The van der Waals surface area contributed by atoms with Gasteiger partial charge in [0.1, 0.15) is 5.82 Å². The van der Waals surface area contributed by atoms with Gasteiger partial charge in [0, 0.05) is 32.1 Å². The van der Waals surface area contributed by atoms with Crippen molar-refractivity contribution >= 4 is 5.91 Å². The van der Waals surface area contributed by atoms with Gasteiger partial charge in [0.05, 0.1) is 12.2 Å². The van der Waals surface area contributed by atoms with E-state index in [1.165, 1.54) is 6.39 Å². The van der Waals surface area contributed by atoms with Gasteiger partial charge in [-0.15, -0.1) is 0 Å². The molecular weight excluding hydrogens is 348 g/mol. The summed E-state index contributed by atoms with van der Waals surface area (Å²) in [6.45, 7) is 6.79. The van der Waals surface area contributed by atoms with E-state index in [1.54, 1.807) is 21.1 Å². The van der Waals surface area contributed by atoms with E-state index >= 15 is 0 Å². The predicted octanol–water partition coefficient (Wildman–Crippen LogP) is 0.943. The predicted molar refractivity (Wildman–Crippen MR) is 99.8 cm³/mol. The first-order chi connectivity index (χ1) is 12.9. The normalized spacial score (nSPS) is 17.7. The summed E-state index contributed by atoms with van der Waals surface area (Å²) in [5.74, 6) is 0.958. The van der Waals surface area contributed by atoms with Crippen LogP contribution in [0.15, 0.2) is 15.6 Å². The number of aryl methyl sites for hydroxylation is 1. The van der Waals surface area contributed by atoms with Crippen molar-refractivity contribution in [1.29, 1.82) is 0 Å². The van der Waals surface area contributed by atoms with Crippen LogP contribution in [0.4, 0.5) is 0 Å². The Balaban J connectivity index is 1.81. The van der Waals surface area contributed by atoms with Crippen molar-refractivity contribution in [1.82, 2.24) is 29.1 Å². The molecule has 0 unspecified atom stereocenters. The molecule has 2 aromatic rings. The van der Waals surface area contributed by atoms with Gasteiger partial charge in [0.25, 0.3) is 5.91 Å². The topological polar surface area (TPSA) is 89.4 Å². The molecule has 0 bridgehead atoms. The first-order valence-corrected chi connectivity index (χ1v) is 9.44. The van der Waals surface area contributed by atoms with Crippen LogP contribution in [0.1, 0.15) is 47.8 Å². The van der Waals surface area contributed by atoms with Gasteiger partial charge in [-0.3, -0.25) is 9.36 Å². The monoisotopic (exact) mass is 376 g/mol. The first kappa shape index (κ1) is 19.3. The molecule has 0 radical (unpaired) electrons. The van der Waals surface area contributed by atoms with Gasteiger partial charge in [0.15, 0.2) is 6.39 Å². The van der Waals surface area contributed by atoms with Crippen molar-refractivity contribution in [2.45, 2.75) is 45.7 Å². The molecule has 1 aliphatic heterocycles. The second-order valence-electron chi connectivity index (χ2n) is 7.27. The largest absolute Gasteiger partial charge is 0.438 e. The number of likely N-dealkylation sites (N-methyl/N-ethyl adjacent to an activating group) is 1. The Kier molecular flexibility index (Phi) is 5.79. The summed E-state index contributed by atoms with van der Waals surface area (Å²) in [6.07, 6.45) is 3.07. The second kappa shape index (κ2) is 8.08. The van der Waals surface area contributed by atoms with Gasteiger partial charge in [0.2, 0.25) is 5.76 Å². The molecule has 9 heteroatoms. The van der Waals surface area contributed by atoms with E-state index in [4.69, 9.17) is 4.42 Å². The van der Waals surface area contributed by atoms with Gasteiger partial charge in [-0.25, -0.2) is 14.5 Å². The summed E-state index contributed by atoms with van der Waals surface area (Å²) in [5, 5.41) is 4.62. The fourth-order valence-electron chi connectivity index (χ4n) is 3.52. The third-order valence-electron chi connectivity index (χ3n) is 5.04. The summed E-state index contributed by atoms with van der Waals surface area (Å²) >= 11 is 0. The summed E-state index contributed by atoms with van der Waals surface area (Å²) in [4.78, 5) is 33.2. The number of nitrogens with zero attached hydrogens (tertiary/aromatic N) is 6. The highest BCUT2D eigenvalue weighted by Gasteiger charge is 2.31. The van der Waals surface area contributed by atoms with Crippen LogP contribution in [-0.4, -0.2) is 68.8 Å². The maximum atomic E-state index is 12.8. The smallest absolute Gasteiger partial charge is 0.345 e. The Morgan fingerprint density at radius 3 is 2.81 bits per heavy atom. The summed E-state index contributed by atoms with van der Waals surface area (Å²) < 4.78 is 8.53. The molecule has 3 rings (SSSR count). The standard InChI is InChI=1S/C18H28N6O3/c1-5-23-16(20-24(18(23)26)10-9-21(3)4)14-7-6-8-22(11-14)17(25)15-13(2)19-12-27-15/h12,14H,5-11H2,1-4H3/t14-/m0/s1. The Hall–Kier alpha value is -2.42. The summed E-state index contributed by atoms with van der Waals surface area (Å²) in [7, 11) is 3.94. The highest BCUT2D eigenvalue weighted by Crippen LogP contribution is 2.26. The average Bonchev–Trinajstić information content (AvgIpc) is 3.22. The molecule has 1 fully saturated rings. The summed E-state index contributed by atoms with van der Waals surface area (Å²) in [6, 6.07) is 0. The van der Waals surface area contributed by atoms with Crippen LogP contribution >= 0.6 is 0 Å². The fraction of sp³-hybridized carbons (Fsp3) is 0.667. The lowest BCUT2D eigenvalue weighted by Gasteiger charge is -2.31. The number of rotatable bonds is 6. The summed E-state index contributed by atoms with van der Waals surface area (Å²) in [5.41, 5.74) is 0.518. The van der Waals surface area contributed by atoms with E-state index in [0.29, 0.717) is 37.6 Å². The molecule has 148 valence electrons. The average molecular weight is 376 g/mol. The number of hydrogen-bond acceptors (Lipinski definition) is 6. The van der Waals surface area contributed by atoms with Gasteiger partial charge in [-0.05, 0) is 40.8 Å². The van der Waals surface area contributed by atoms with E-state index in [0.717, 1.165) is 25.2 Å². The zero-order chi connectivity index (χ0) is 19.6. The number of hydrogen-bond donors (Lipinski definition) is 0. The second-order valence-corrected chi connectivity index (χ2v) is 7.27. The van der Waals surface area contributed by atoms with Crippen molar-refractivity contribution in [2.24, 2.45) is 0 Å². The molecule has 2 aromatic heterocycles. The van der Waals surface area contributed by atoms with Crippen molar-refractivity contribution in [3.8, 4) is 0 Å². The van der Waals surface area contributed by atoms with Crippen LogP contribution in [0.2, 0.25) is 0 Å². The maximum absolute atomic E-state index is 12.8. The third-order valence-corrected chi connectivity index (χ3v) is 5.04. The van der Waals surface area contributed by atoms with Crippen LogP contribution in [0.5, 0.6) is 0 Å². The molecule has 1 amide bonds. The van der Waals surface area contributed by atoms with Crippen LogP contribution in [-0.2, 0) is 13.1 Å². The lowest BCUT2D eigenvalue weighted by molar-refractivity contribution is 0.0670. The Morgan fingerprint density at radius 2 is 2.19 bits per heavy atom. The van der Waals surface area contributed by atoms with Gasteiger partial charge >= 0.3 is 5.69 Å². The van der Waals surface area contributed by atoms with E-state index in [2.05, 4.69) is 10.1 Å². The maximum Gasteiger partial charge on any atom is 0.345 e. The molecular formula is C18H28N6O3. The third kappa shape index (κ3) is 3.97. The fourth-order valence-corrected chi connectivity index (χ4v) is 3.52. The molecule has 0 aromatic carbocycles. The number of likely N-dealkylation sites (tertiary alicyclic amines) is 1. The number of piperidine rings is 1. The minimum absolute atomic E-state index is 0.0409. The van der Waals surface area contributed by atoms with E-state index in [9.17, 15) is 9.59 Å².